The normalized spacial score (nSPS) is 19.9. The Bertz CT molecular complexity index is 1010. The van der Waals surface area contributed by atoms with Crippen LogP contribution >= 0.6 is 15.9 Å². The molecule has 30 heavy (non-hydrogen) atoms. The first-order valence-corrected chi connectivity index (χ1v) is 12.0. The van der Waals surface area contributed by atoms with Gasteiger partial charge in [0.15, 0.2) is 5.96 Å². The van der Waals surface area contributed by atoms with E-state index in [-0.39, 0.29) is 5.25 Å². The summed E-state index contributed by atoms with van der Waals surface area (Å²) in [5.41, 5.74) is 7.53. The van der Waals surface area contributed by atoms with Crippen LogP contribution in [0.2, 0.25) is 0 Å². The van der Waals surface area contributed by atoms with Crippen molar-refractivity contribution in [2.45, 2.75) is 37.0 Å². The summed E-state index contributed by atoms with van der Waals surface area (Å²) < 4.78 is 18.9. The molecule has 158 valence electrons. The van der Waals surface area contributed by atoms with Crippen molar-refractivity contribution in [2.24, 2.45) is 15.7 Å². The van der Waals surface area contributed by atoms with Crippen molar-refractivity contribution in [2.75, 3.05) is 13.1 Å². The third-order valence-corrected chi connectivity index (χ3v) is 7.16. The van der Waals surface area contributed by atoms with Gasteiger partial charge < -0.3 is 14.8 Å². The number of guanidine groups is 1. The minimum atomic E-state index is -1.30. The fraction of sp³-hybridized carbons (Fsp3) is 0.364. The summed E-state index contributed by atoms with van der Waals surface area (Å²) in [5.74, 6) is 0.987. The van der Waals surface area contributed by atoms with Gasteiger partial charge in [-0.05, 0) is 61.6 Å². The first-order valence-electron chi connectivity index (χ1n) is 10.0. The Balaban J connectivity index is 1.74. The number of hydrogen-bond donors (Lipinski definition) is 1. The molecular weight excluding hydrogens is 464 g/mol. The monoisotopic (exact) mass is 488 g/mol. The maximum Gasteiger partial charge on any atom is 0.209 e. The van der Waals surface area contributed by atoms with Gasteiger partial charge in [-0.1, -0.05) is 40.2 Å². The molecule has 0 aromatic heterocycles. The molecule has 8 heteroatoms. The van der Waals surface area contributed by atoms with E-state index < -0.39 is 16.6 Å². The summed E-state index contributed by atoms with van der Waals surface area (Å²) in [7, 11) is 0. The van der Waals surface area contributed by atoms with Crippen LogP contribution in [0.1, 0.15) is 37.3 Å². The fourth-order valence-corrected chi connectivity index (χ4v) is 4.72. The zero-order valence-electron chi connectivity index (χ0n) is 16.8. The summed E-state index contributed by atoms with van der Waals surface area (Å²) in [4.78, 5) is 11.2. The average molecular weight is 489 g/mol. The second kappa shape index (κ2) is 8.89. The van der Waals surface area contributed by atoms with Crippen LogP contribution in [0.3, 0.4) is 0 Å². The number of benzene rings is 2. The number of nitrogens with two attached hydrogens (primary N) is 1. The van der Waals surface area contributed by atoms with Gasteiger partial charge in [0.2, 0.25) is 11.1 Å². The predicted octanol–water partition coefficient (Wildman–Crippen LogP) is 3.97. The minimum Gasteiger partial charge on any atom is -0.400 e. The van der Waals surface area contributed by atoms with Crippen molar-refractivity contribution in [3.63, 3.8) is 0 Å². The highest BCUT2D eigenvalue weighted by Crippen LogP contribution is 2.37. The molecule has 1 heterocycles. The third kappa shape index (κ3) is 4.75. The molecular formula is C22H25BrN4O2S. The van der Waals surface area contributed by atoms with Gasteiger partial charge in [-0.25, -0.2) is 9.20 Å². The lowest BCUT2D eigenvalue weighted by Crippen LogP contribution is -2.41. The van der Waals surface area contributed by atoms with Crippen molar-refractivity contribution < 1.29 is 8.39 Å². The summed E-state index contributed by atoms with van der Waals surface area (Å²) in [6.07, 6.45) is 4.61. The van der Waals surface area contributed by atoms with E-state index in [0.717, 1.165) is 48.0 Å². The number of aliphatic imine (C=N–C) groups is 2. The van der Waals surface area contributed by atoms with E-state index in [1.54, 1.807) is 6.34 Å². The maximum absolute atomic E-state index is 12.2. The van der Waals surface area contributed by atoms with Crippen molar-refractivity contribution >= 4 is 39.3 Å². The van der Waals surface area contributed by atoms with Crippen LogP contribution in [0, 0.1) is 0 Å². The van der Waals surface area contributed by atoms with Crippen LogP contribution in [-0.2, 0) is 16.6 Å². The lowest BCUT2D eigenvalue weighted by atomic mass is 9.85. The van der Waals surface area contributed by atoms with Crippen LogP contribution in [0.4, 0.5) is 0 Å². The molecule has 0 saturated heterocycles. The fourth-order valence-electron chi connectivity index (χ4n) is 3.37. The Labute approximate surface area is 188 Å². The van der Waals surface area contributed by atoms with Gasteiger partial charge in [-0.3, -0.25) is 4.99 Å². The molecule has 2 N–H and O–H groups in total. The molecule has 4 rings (SSSR count). The van der Waals surface area contributed by atoms with E-state index in [1.165, 1.54) is 0 Å². The zero-order valence-corrected chi connectivity index (χ0v) is 19.2. The Morgan fingerprint density at radius 1 is 1.27 bits per heavy atom. The van der Waals surface area contributed by atoms with Crippen molar-refractivity contribution in [1.82, 2.24) is 4.90 Å². The van der Waals surface area contributed by atoms with Gasteiger partial charge in [0.1, 0.15) is 11.3 Å². The van der Waals surface area contributed by atoms with Crippen LogP contribution in [0.25, 0.3) is 0 Å². The van der Waals surface area contributed by atoms with Gasteiger partial charge >= 0.3 is 0 Å². The highest BCUT2D eigenvalue weighted by Gasteiger charge is 2.32. The Morgan fingerprint density at radius 3 is 2.67 bits per heavy atom. The minimum absolute atomic E-state index is 0.150. The molecule has 1 aliphatic heterocycles. The van der Waals surface area contributed by atoms with E-state index in [9.17, 15) is 4.21 Å². The van der Waals surface area contributed by atoms with Crippen LogP contribution in [0.15, 0.2) is 63.0 Å². The highest BCUT2D eigenvalue weighted by atomic mass is 79.9. The Morgan fingerprint density at radius 2 is 2.00 bits per heavy atom. The summed E-state index contributed by atoms with van der Waals surface area (Å²) >= 11 is 2.26. The SMILES string of the molecule is CC(N=C(N)N1C=NCCC1)(c1cccc(Br)c1)c1cccc(OS(=O)C2CC2)c1. The number of halogens is 1. The molecule has 2 aromatic rings. The number of rotatable bonds is 6. The van der Waals surface area contributed by atoms with Gasteiger partial charge in [-0.15, -0.1) is 0 Å². The van der Waals surface area contributed by atoms with Crippen LogP contribution in [-0.4, -0.2) is 39.7 Å². The first-order chi connectivity index (χ1) is 14.5. The van der Waals surface area contributed by atoms with E-state index >= 15 is 0 Å². The molecule has 1 aliphatic carbocycles. The molecule has 2 aromatic carbocycles. The van der Waals surface area contributed by atoms with E-state index in [4.69, 9.17) is 14.9 Å². The molecule has 0 amide bonds. The topological polar surface area (TPSA) is 80.3 Å². The summed E-state index contributed by atoms with van der Waals surface area (Å²) in [6.45, 7) is 3.63. The smallest absolute Gasteiger partial charge is 0.209 e. The second-order valence-electron chi connectivity index (χ2n) is 7.69. The maximum atomic E-state index is 12.2. The lowest BCUT2D eigenvalue weighted by Gasteiger charge is -2.30. The Kier molecular flexibility index (Phi) is 6.24. The van der Waals surface area contributed by atoms with Gasteiger partial charge in [0.05, 0.1) is 11.6 Å². The highest BCUT2D eigenvalue weighted by molar-refractivity contribution is 9.10. The summed E-state index contributed by atoms with van der Waals surface area (Å²) in [6, 6.07) is 15.7. The van der Waals surface area contributed by atoms with Crippen LogP contribution < -0.4 is 9.92 Å². The van der Waals surface area contributed by atoms with Crippen LogP contribution in [0.5, 0.6) is 5.75 Å². The second-order valence-corrected chi connectivity index (χ2v) is 9.96. The van der Waals surface area contributed by atoms with Gasteiger partial charge in [0, 0.05) is 17.6 Å². The molecule has 2 atom stereocenters. The molecule has 2 aliphatic rings. The van der Waals surface area contributed by atoms with E-state index in [2.05, 4.69) is 20.9 Å². The van der Waals surface area contributed by atoms with Crippen molar-refractivity contribution in [3.05, 3.63) is 64.1 Å². The molecule has 0 radical (unpaired) electrons. The zero-order chi connectivity index (χ0) is 21.1. The summed E-state index contributed by atoms with van der Waals surface area (Å²) in [5, 5.41) is 0.150. The van der Waals surface area contributed by atoms with Gasteiger partial charge in [0.25, 0.3) is 0 Å². The van der Waals surface area contributed by atoms with E-state index in [1.807, 2.05) is 60.4 Å². The van der Waals surface area contributed by atoms with Gasteiger partial charge in [-0.2, -0.15) is 0 Å². The number of hydrogen-bond acceptors (Lipinski definition) is 4. The first kappa shape index (κ1) is 21.1. The lowest BCUT2D eigenvalue weighted by molar-refractivity contribution is 0.528. The number of nitrogens with zero attached hydrogens (tertiary/aromatic N) is 3. The largest absolute Gasteiger partial charge is 0.400 e. The standard InChI is InChI=1S/C22H25BrN4O2S/c1-22(16-5-2-7-18(23)13-16,26-21(24)27-12-4-11-25-15-27)17-6-3-8-19(14-17)29-30(28)20-9-10-20/h2-3,5-8,13-15,20H,4,9-12H2,1H3,(H2,24,26). The predicted molar refractivity (Wildman–Crippen MR) is 125 cm³/mol. The molecule has 0 bridgehead atoms. The quantitative estimate of drug-likeness (QED) is 0.492. The van der Waals surface area contributed by atoms with Crippen molar-refractivity contribution in [3.8, 4) is 5.75 Å². The third-order valence-electron chi connectivity index (χ3n) is 5.30. The molecule has 6 nitrogen and oxygen atoms in total. The van der Waals surface area contributed by atoms with E-state index in [0.29, 0.717) is 11.7 Å². The molecule has 2 unspecified atom stereocenters. The van der Waals surface area contributed by atoms with Crippen molar-refractivity contribution in [1.29, 1.82) is 0 Å². The molecule has 1 saturated carbocycles. The average Bonchev–Trinajstić information content (AvgIpc) is 3.60. The Hall–Kier alpha value is -2.19. The molecule has 0 spiro atoms. The molecule has 1 fully saturated rings.